The molecule has 1 atom stereocenters. The number of likely N-dealkylation sites (tertiary alicyclic amines) is 1. The van der Waals surface area contributed by atoms with Crippen molar-refractivity contribution < 1.29 is 9.59 Å². The number of carbonyl (C=O) groups excluding carboxylic acids is 2. The number of nitrogens with zero attached hydrogens (tertiary/aromatic N) is 1. The van der Waals surface area contributed by atoms with Crippen LogP contribution in [0.25, 0.3) is 0 Å². The van der Waals surface area contributed by atoms with Gasteiger partial charge >= 0.3 is 0 Å². The van der Waals surface area contributed by atoms with Crippen LogP contribution in [0.2, 0.25) is 0 Å². The number of Topliss-reactive ketones (excluding diaryl/α,β-unsaturated/α-hetero) is 1. The summed E-state index contributed by atoms with van der Waals surface area (Å²) in [5, 5.41) is 0. The van der Waals surface area contributed by atoms with Gasteiger partial charge in [-0.15, -0.1) is 0 Å². The summed E-state index contributed by atoms with van der Waals surface area (Å²) in [5.74, 6) is 0.148. The van der Waals surface area contributed by atoms with E-state index >= 15 is 0 Å². The monoisotopic (exact) mass is 245 g/mol. The molecule has 0 aromatic heterocycles. The van der Waals surface area contributed by atoms with Crippen molar-refractivity contribution >= 4 is 11.7 Å². The maximum absolute atomic E-state index is 12.2. The summed E-state index contributed by atoms with van der Waals surface area (Å²) < 4.78 is 0. The average Bonchev–Trinajstić information content (AvgIpc) is 2.35. The van der Waals surface area contributed by atoms with Gasteiger partial charge < -0.3 is 9.69 Å². The maximum atomic E-state index is 12.2. The molecule has 1 aliphatic rings. The zero-order valence-corrected chi connectivity index (χ0v) is 10.8. The number of hydrogen-bond donors (Lipinski definition) is 0. The molecule has 1 heterocycles. The molecule has 96 valence electrons. The Morgan fingerprint density at radius 3 is 2.72 bits per heavy atom. The number of hydrogen-bond acceptors (Lipinski definition) is 2. The van der Waals surface area contributed by atoms with Gasteiger partial charge in [-0.05, 0) is 25.3 Å². The van der Waals surface area contributed by atoms with Gasteiger partial charge in [0, 0.05) is 25.4 Å². The number of ketones is 1. The lowest BCUT2D eigenvalue weighted by Crippen LogP contribution is -2.41. The number of benzene rings is 1. The zero-order valence-electron chi connectivity index (χ0n) is 10.8. The second-order valence-electron chi connectivity index (χ2n) is 4.99. The van der Waals surface area contributed by atoms with Crippen LogP contribution in [0.4, 0.5) is 0 Å². The van der Waals surface area contributed by atoms with Crippen molar-refractivity contribution in [2.24, 2.45) is 5.92 Å². The van der Waals surface area contributed by atoms with Crippen LogP contribution >= 0.6 is 0 Å². The molecule has 1 aromatic carbocycles. The third kappa shape index (κ3) is 3.19. The Labute approximate surface area is 108 Å². The van der Waals surface area contributed by atoms with Gasteiger partial charge in [0.2, 0.25) is 5.91 Å². The zero-order chi connectivity index (χ0) is 13.0. The molecule has 0 radical (unpaired) electrons. The smallest absolute Gasteiger partial charge is 0.226 e. The predicted molar refractivity (Wildman–Crippen MR) is 69.9 cm³/mol. The summed E-state index contributed by atoms with van der Waals surface area (Å²) in [6, 6.07) is 10.00. The number of piperidine rings is 1. The second kappa shape index (κ2) is 5.80. The summed E-state index contributed by atoms with van der Waals surface area (Å²) in [6.07, 6.45) is 2.24. The molecule has 0 aliphatic carbocycles. The molecular weight excluding hydrogens is 226 g/mol. The summed E-state index contributed by atoms with van der Waals surface area (Å²) in [7, 11) is 0. The van der Waals surface area contributed by atoms with Crippen molar-refractivity contribution in [2.45, 2.75) is 32.7 Å². The summed E-state index contributed by atoms with van der Waals surface area (Å²) in [4.78, 5) is 25.3. The Morgan fingerprint density at radius 2 is 2.06 bits per heavy atom. The van der Waals surface area contributed by atoms with Crippen molar-refractivity contribution in [1.82, 2.24) is 4.90 Å². The fourth-order valence-electron chi connectivity index (χ4n) is 2.52. The third-order valence-corrected chi connectivity index (χ3v) is 3.39. The molecule has 1 fully saturated rings. The fourth-order valence-corrected chi connectivity index (χ4v) is 2.52. The molecule has 0 spiro atoms. The van der Waals surface area contributed by atoms with Crippen LogP contribution < -0.4 is 0 Å². The highest BCUT2D eigenvalue weighted by Gasteiger charge is 2.29. The minimum Gasteiger partial charge on any atom is -0.338 e. The normalized spacial score (nSPS) is 19.9. The lowest BCUT2D eigenvalue weighted by atomic mass is 9.92. The lowest BCUT2D eigenvalue weighted by Gasteiger charge is -2.32. The van der Waals surface area contributed by atoms with Crippen LogP contribution in [0.3, 0.4) is 0 Å². The van der Waals surface area contributed by atoms with Gasteiger partial charge in [0.1, 0.15) is 5.78 Å². The molecule has 3 nitrogen and oxygen atoms in total. The van der Waals surface area contributed by atoms with E-state index in [1.807, 2.05) is 35.2 Å². The Morgan fingerprint density at radius 1 is 1.33 bits per heavy atom. The largest absolute Gasteiger partial charge is 0.338 e. The maximum Gasteiger partial charge on any atom is 0.226 e. The first kappa shape index (κ1) is 12.8. The van der Waals surface area contributed by atoms with Crippen molar-refractivity contribution in [2.75, 3.05) is 6.54 Å². The van der Waals surface area contributed by atoms with Gasteiger partial charge in [-0.25, -0.2) is 0 Å². The number of amides is 1. The van der Waals surface area contributed by atoms with Crippen LogP contribution in [0.5, 0.6) is 0 Å². The van der Waals surface area contributed by atoms with Crippen molar-refractivity contribution in [3.63, 3.8) is 0 Å². The lowest BCUT2D eigenvalue weighted by molar-refractivity contribution is -0.141. The summed E-state index contributed by atoms with van der Waals surface area (Å²) in [6.45, 7) is 3.03. The quantitative estimate of drug-likeness (QED) is 0.817. The van der Waals surface area contributed by atoms with Gasteiger partial charge in [-0.1, -0.05) is 30.3 Å². The second-order valence-corrected chi connectivity index (χ2v) is 4.99. The minimum atomic E-state index is -0.0973. The molecule has 1 unspecified atom stereocenters. The number of carbonyl (C=O) groups is 2. The van der Waals surface area contributed by atoms with E-state index in [1.54, 1.807) is 6.92 Å². The van der Waals surface area contributed by atoms with E-state index < -0.39 is 0 Å². The van der Waals surface area contributed by atoms with E-state index in [9.17, 15) is 9.59 Å². The van der Waals surface area contributed by atoms with E-state index in [-0.39, 0.29) is 17.6 Å². The minimum absolute atomic E-state index is 0.0973. The van der Waals surface area contributed by atoms with E-state index in [2.05, 4.69) is 0 Å². The molecule has 0 bridgehead atoms. The van der Waals surface area contributed by atoms with Gasteiger partial charge in [-0.2, -0.15) is 0 Å². The average molecular weight is 245 g/mol. The molecular formula is C15H19NO2. The molecule has 0 N–H and O–H groups in total. The van der Waals surface area contributed by atoms with Crippen LogP contribution in [0, 0.1) is 5.92 Å². The standard InChI is InChI=1S/C15H19NO2/c1-12(17)10-14-8-5-9-16(15(14)18)11-13-6-3-2-4-7-13/h2-4,6-7,14H,5,8-11H2,1H3. The van der Waals surface area contributed by atoms with E-state index in [1.165, 1.54) is 0 Å². The molecule has 3 heteroatoms. The fraction of sp³-hybridized carbons (Fsp3) is 0.467. The Kier molecular flexibility index (Phi) is 4.13. The van der Waals surface area contributed by atoms with Crippen molar-refractivity contribution in [3.05, 3.63) is 35.9 Å². The molecule has 0 saturated carbocycles. The first-order valence-electron chi connectivity index (χ1n) is 6.49. The van der Waals surface area contributed by atoms with Gasteiger partial charge in [0.15, 0.2) is 0 Å². The highest BCUT2D eigenvalue weighted by Crippen LogP contribution is 2.22. The highest BCUT2D eigenvalue weighted by atomic mass is 16.2. The van der Waals surface area contributed by atoms with Crippen LogP contribution in [-0.2, 0) is 16.1 Å². The molecule has 1 amide bonds. The number of rotatable bonds is 4. The van der Waals surface area contributed by atoms with Gasteiger partial charge in [0.25, 0.3) is 0 Å². The van der Waals surface area contributed by atoms with Crippen LogP contribution in [-0.4, -0.2) is 23.1 Å². The first-order chi connectivity index (χ1) is 8.66. The van der Waals surface area contributed by atoms with Crippen molar-refractivity contribution in [1.29, 1.82) is 0 Å². The molecule has 1 aliphatic heterocycles. The third-order valence-electron chi connectivity index (χ3n) is 3.39. The van der Waals surface area contributed by atoms with Crippen LogP contribution in [0.15, 0.2) is 30.3 Å². The SMILES string of the molecule is CC(=O)CC1CCCN(Cc2ccccc2)C1=O. The topological polar surface area (TPSA) is 37.4 Å². The predicted octanol–water partition coefficient (Wildman–Crippen LogP) is 2.40. The molecule has 1 saturated heterocycles. The summed E-state index contributed by atoms with van der Waals surface area (Å²) >= 11 is 0. The van der Waals surface area contributed by atoms with Gasteiger partial charge in [0.05, 0.1) is 0 Å². The molecule has 1 aromatic rings. The first-order valence-corrected chi connectivity index (χ1v) is 6.49. The Bertz CT molecular complexity index is 427. The van der Waals surface area contributed by atoms with E-state index in [0.717, 1.165) is 24.9 Å². The van der Waals surface area contributed by atoms with E-state index in [4.69, 9.17) is 0 Å². The highest BCUT2D eigenvalue weighted by molar-refractivity contribution is 5.86. The van der Waals surface area contributed by atoms with Gasteiger partial charge in [-0.3, -0.25) is 4.79 Å². The summed E-state index contributed by atoms with van der Waals surface area (Å²) in [5.41, 5.74) is 1.15. The van der Waals surface area contributed by atoms with E-state index in [0.29, 0.717) is 13.0 Å². The Balaban J connectivity index is 2.00. The Hall–Kier alpha value is -1.64. The molecule has 18 heavy (non-hydrogen) atoms. The van der Waals surface area contributed by atoms with Crippen LogP contribution in [0.1, 0.15) is 31.7 Å². The van der Waals surface area contributed by atoms with Crippen molar-refractivity contribution in [3.8, 4) is 0 Å². The molecule has 2 rings (SSSR count).